The highest BCUT2D eigenvalue weighted by molar-refractivity contribution is 5.35. The van der Waals surface area contributed by atoms with Crippen molar-refractivity contribution in [2.75, 3.05) is 20.3 Å². The van der Waals surface area contributed by atoms with Crippen molar-refractivity contribution in [3.63, 3.8) is 0 Å². The molecule has 1 aromatic rings. The number of rotatable bonds is 8. The Morgan fingerprint density at radius 3 is 2.56 bits per heavy atom. The smallest absolute Gasteiger partial charge is 0.123 e. The van der Waals surface area contributed by atoms with Crippen molar-refractivity contribution >= 4 is 0 Å². The second kappa shape index (κ2) is 8.11. The number of benzene rings is 1. The van der Waals surface area contributed by atoms with Gasteiger partial charge >= 0.3 is 0 Å². The van der Waals surface area contributed by atoms with Crippen LogP contribution in [-0.4, -0.2) is 26.4 Å². The zero-order valence-corrected chi connectivity index (χ0v) is 11.9. The van der Waals surface area contributed by atoms with Crippen molar-refractivity contribution in [3.8, 4) is 5.75 Å². The Morgan fingerprint density at radius 2 is 1.89 bits per heavy atom. The van der Waals surface area contributed by atoms with Gasteiger partial charge in [-0.15, -0.1) is 0 Å². The van der Waals surface area contributed by atoms with Crippen LogP contribution in [0, 0.1) is 0 Å². The number of ether oxygens (including phenoxy) is 2. The molecule has 18 heavy (non-hydrogen) atoms. The van der Waals surface area contributed by atoms with Gasteiger partial charge in [0.25, 0.3) is 0 Å². The lowest BCUT2D eigenvalue weighted by Crippen LogP contribution is -2.21. The Balaban J connectivity index is 2.34. The summed E-state index contributed by atoms with van der Waals surface area (Å²) < 4.78 is 10.9. The minimum absolute atomic E-state index is 0.292. The minimum atomic E-state index is 0.292. The van der Waals surface area contributed by atoms with Crippen LogP contribution in [0.15, 0.2) is 24.3 Å². The molecule has 0 heterocycles. The van der Waals surface area contributed by atoms with Gasteiger partial charge in [-0.05, 0) is 39.8 Å². The van der Waals surface area contributed by atoms with E-state index in [1.807, 2.05) is 18.2 Å². The van der Waals surface area contributed by atoms with Crippen LogP contribution in [-0.2, 0) is 4.74 Å². The molecule has 0 aliphatic heterocycles. The van der Waals surface area contributed by atoms with Gasteiger partial charge in [-0.3, -0.25) is 0 Å². The SMILES string of the molecule is COc1ccccc1C(C)NCCCOC(C)C. The van der Waals surface area contributed by atoms with E-state index in [2.05, 4.69) is 32.2 Å². The number of nitrogens with one attached hydrogen (secondary N) is 1. The summed E-state index contributed by atoms with van der Waals surface area (Å²) in [4.78, 5) is 0. The monoisotopic (exact) mass is 251 g/mol. The normalized spacial score (nSPS) is 12.7. The van der Waals surface area contributed by atoms with Crippen LogP contribution >= 0.6 is 0 Å². The summed E-state index contributed by atoms with van der Waals surface area (Å²) in [6.45, 7) is 8.03. The van der Waals surface area contributed by atoms with Crippen molar-refractivity contribution in [1.29, 1.82) is 0 Å². The lowest BCUT2D eigenvalue weighted by Gasteiger charge is -2.17. The van der Waals surface area contributed by atoms with Crippen molar-refractivity contribution < 1.29 is 9.47 Å². The Hall–Kier alpha value is -1.06. The van der Waals surface area contributed by atoms with Crippen molar-refractivity contribution in [1.82, 2.24) is 5.32 Å². The maximum atomic E-state index is 5.51. The first-order valence-electron chi connectivity index (χ1n) is 6.63. The average Bonchev–Trinajstić information content (AvgIpc) is 2.37. The van der Waals surface area contributed by atoms with Gasteiger partial charge in [0.1, 0.15) is 5.75 Å². The third-order valence-corrected chi connectivity index (χ3v) is 2.83. The summed E-state index contributed by atoms with van der Waals surface area (Å²) in [6, 6.07) is 8.42. The lowest BCUT2D eigenvalue weighted by molar-refractivity contribution is 0.0768. The highest BCUT2D eigenvalue weighted by Crippen LogP contribution is 2.23. The maximum Gasteiger partial charge on any atom is 0.123 e. The van der Waals surface area contributed by atoms with Crippen LogP contribution in [0.5, 0.6) is 5.75 Å². The molecule has 3 heteroatoms. The van der Waals surface area contributed by atoms with Gasteiger partial charge in [0.05, 0.1) is 13.2 Å². The largest absolute Gasteiger partial charge is 0.496 e. The van der Waals surface area contributed by atoms with Crippen molar-refractivity contribution in [3.05, 3.63) is 29.8 Å². The fourth-order valence-electron chi connectivity index (χ4n) is 1.84. The molecule has 0 aliphatic carbocycles. The maximum absolute atomic E-state index is 5.51. The van der Waals surface area contributed by atoms with E-state index in [-0.39, 0.29) is 0 Å². The standard InChI is InChI=1S/C15H25NO2/c1-12(2)18-11-7-10-16-13(3)14-8-5-6-9-15(14)17-4/h5-6,8-9,12-13,16H,7,10-11H2,1-4H3. The fourth-order valence-corrected chi connectivity index (χ4v) is 1.84. The molecule has 0 aromatic heterocycles. The predicted molar refractivity (Wildman–Crippen MR) is 75.1 cm³/mol. The number of hydrogen-bond acceptors (Lipinski definition) is 3. The molecule has 0 fully saturated rings. The van der Waals surface area contributed by atoms with E-state index in [1.54, 1.807) is 7.11 Å². The molecule has 0 saturated carbocycles. The molecule has 3 nitrogen and oxygen atoms in total. The van der Waals surface area contributed by atoms with E-state index in [1.165, 1.54) is 5.56 Å². The molecule has 0 amide bonds. The highest BCUT2D eigenvalue weighted by Gasteiger charge is 2.09. The molecule has 1 aromatic carbocycles. The van der Waals surface area contributed by atoms with Crippen LogP contribution in [0.4, 0.5) is 0 Å². The van der Waals surface area contributed by atoms with Crippen molar-refractivity contribution in [2.45, 2.75) is 39.3 Å². The molecule has 1 rings (SSSR count). The van der Waals surface area contributed by atoms with E-state index < -0.39 is 0 Å². The third kappa shape index (κ3) is 5.07. The molecule has 1 unspecified atom stereocenters. The first-order chi connectivity index (χ1) is 8.65. The number of hydrogen-bond donors (Lipinski definition) is 1. The summed E-state index contributed by atoms with van der Waals surface area (Å²) in [5.41, 5.74) is 1.20. The van der Waals surface area contributed by atoms with E-state index >= 15 is 0 Å². The summed E-state index contributed by atoms with van der Waals surface area (Å²) in [5.74, 6) is 0.941. The zero-order chi connectivity index (χ0) is 13.4. The number of methoxy groups -OCH3 is 1. The van der Waals surface area contributed by atoms with E-state index in [4.69, 9.17) is 9.47 Å². The summed E-state index contributed by atoms with van der Waals surface area (Å²) >= 11 is 0. The minimum Gasteiger partial charge on any atom is -0.496 e. The quantitative estimate of drug-likeness (QED) is 0.720. The van der Waals surface area contributed by atoms with Gasteiger partial charge in [0.2, 0.25) is 0 Å². The summed E-state index contributed by atoms with van der Waals surface area (Å²) in [5, 5.41) is 3.49. The van der Waals surface area contributed by atoms with Crippen molar-refractivity contribution in [2.24, 2.45) is 0 Å². The second-order valence-corrected chi connectivity index (χ2v) is 4.69. The van der Waals surface area contributed by atoms with E-state index in [9.17, 15) is 0 Å². The molecule has 0 spiro atoms. The fraction of sp³-hybridized carbons (Fsp3) is 0.600. The summed E-state index contributed by atoms with van der Waals surface area (Å²) in [7, 11) is 1.71. The Labute approximate surface area is 110 Å². The zero-order valence-electron chi connectivity index (χ0n) is 11.9. The second-order valence-electron chi connectivity index (χ2n) is 4.69. The molecule has 0 saturated heterocycles. The van der Waals surface area contributed by atoms with Crippen LogP contribution in [0.1, 0.15) is 38.8 Å². The average molecular weight is 251 g/mol. The topological polar surface area (TPSA) is 30.5 Å². The summed E-state index contributed by atoms with van der Waals surface area (Å²) in [6.07, 6.45) is 1.34. The van der Waals surface area contributed by atoms with E-state index in [0.29, 0.717) is 12.1 Å². The highest BCUT2D eigenvalue weighted by atomic mass is 16.5. The van der Waals surface area contributed by atoms with Gasteiger partial charge in [-0.2, -0.15) is 0 Å². The van der Waals surface area contributed by atoms with E-state index in [0.717, 1.165) is 25.3 Å². The molecule has 0 aliphatic rings. The Bertz CT molecular complexity index is 339. The lowest BCUT2D eigenvalue weighted by atomic mass is 10.1. The van der Waals surface area contributed by atoms with Gasteiger partial charge in [0, 0.05) is 18.2 Å². The predicted octanol–water partition coefficient (Wildman–Crippen LogP) is 3.16. The van der Waals surface area contributed by atoms with Crippen LogP contribution in [0.3, 0.4) is 0 Å². The number of para-hydroxylation sites is 1. The Kier molecular flexibility index (Phi) is 6.76. The first kappa shape index (κ1) is 15.0. The molecule has 0 radical (unpaired) electrons. The van der Waals surface area contributed by atoms with Gasteiger partial charge in [-0.1, -0.05) is 18.2 Å². The first-order valence-corrected chi connectivity index (χ1v) is 6.63. The van der Waals surface area contributed by atoms with Crippen LogP contribution < -0.4 is 10.1 Å². The Morgan fingerprint density at radius 1 is 1.17 bits per heavy atom. The molecule has 1 N–H and O–H groups in total. The van der Waals surface area contributed by atoms with Crippen LogP contribution in [0.2, 0.25) is 0 Å². The van der Waals surface area contributed by atoms with Crippen LogP contribution in [0.25, 0.3) is 0 Å². The molecular formula is C15H25NO2. The van der Waals surface area contributed by atoms with Gasteiger partial charge in [0.15, 0.2) is 0 Å². The van der Waals surface area contributed by atoms with Gasteiger partial charge in [-0.25, -0.2) is 0 Å². The molecule has 0 bridgehead atoms. The molecule has 1 atom stereocenters. The molecule has 102 valence electrons. The molecular weight excluding hydrogens is 226 g/mol. The third-order valence-electron chi connectivity index (χ3n) is 2.83. The van der Waals surface area contributed by atoms with Gasteiger partial charge < -0.3 is 14.8 Å².